The summed E-state index contributed by atoms with van der Waals surface area (Å²) in [6.07, 6.45) is 2.93. The molecule has 1 aromatic carbocycles. The fourth-order valence-corrected chi connectivity index (χ4v) is 5.33. The van der Waals surface area contributed by atoms with E-state index in [0.717, 1.165) is 40.8 Å². The van der Waals surface area contributed by atoms with Gasteiger partial charge in [-0.15, -0.1) is 0 Å². The van der Waals surface area contributed by atoms with Crippen LogP contribution in [-0.2, 0) is 4.79 Å². The Morgan fingerprint density at radius 1 is 1.46 bits per heavy atom. The quantitative estimate of drug-likeness (QED) is 0.828. The molecule has 1 N–H and O–H groups in total. The van der Waals surface area contributed by atoms with E-state index in [2.05, 4.69) is 30.7 Å². The van der Waals surface area contributed by atoms with Gasteiger partial charge in [-0.2, -0.15) is 0 Å². The molecule has 2 aliphatic rings. The summed E-state index contributed by atoms with van der Waals surface area (Å²) in [6.45, 7) is 8.74. The largest absolute Gasteiger partial charge is 0.497 e. The molecular weight excluding hydrogens is 320 g/mol. The predicted octanol–water partition coefficient (Wildman–Crippen LogP) is 4.63. The van der Waals surface area contributed by atoms with Crippen molar-refractivity contribution < 1.29 is 9.53 Å². The smallest absolute Gasteiger partial charge is 0.236 e. The fraction of sp³-hybridized carbons (Fsp3) is 0.474. The molecule has 1 aromatic heterocycles. The third kappa shape index (κ3) is 2.04. The molecular formula is C19H22N2O2S. The predicted molar refractivity (Wildman–Crippen MR) is 97.5 cm³/mol. The molecule has 1 amide bonds. The van der Waals surface area contributed by atoms with E-state index < -0.39 is 5.41 Å². The summed E-state index contributed by atoms with van der Waals surface area (Å²) in [4.78, 5) is 17.6. The van der Waals surface area contributed by atoms with Gasteiger partial charge in [0.2, 0.25) is 5.91 Å². The number of hydrogen-bond donors (Lipinski definition) is 1. The van der Waals surface area contributed by atoms with E-state index >= 15 is 0 Å². The highest BCUT2D eigenvalue weighted by atomic mass is 32.1. The number of nitrogens with zero attached hydrogens (tertiary/aromatic N) is 1. The monoisotopic (exact) mass is 342 g/mol. The van der Waals surface area contributed by atoms with E-state index in [9.17, 15) is 4.79 Å². The van der Waals surface area contributed by atoms with E-state index in [4.69, 9.17) is 4.74 Å². The summed E-state index contributed by atoms with van der Waals surface area (Å²) in [5, 5.41) is 3.72. The van der Waals surface area contributed by atoms with Crippen molar-refractivity contribution in [2.24, 2.45) is 16.7 Å². The lowest BCUT2D eigenvalue weighted by Crippen LogP contribution is -2.37. The highest BCUT2D eigenvalue weighted by Gasteiger charge is 2.60. The number of ether oxygens (including phenoxy) is 1. The number of aromatic nitrogens is 1. The maximum absolute atomic E-state index is 13.1. The van der Waals surface area contributed by atoms with Crippen LogP contribution in [0.1, 0.15) is 33.1 Å². The minimum absolute atomic E-state index is 0.0521. The summed E-state index contributed by atoms with van der Waals surface area (Å²) in [5.74, 6) is 1.43. The second-order valence-electron chi connectivity index (χ2n) is 7.53. The SMILES string of the molecule is C=C1C2(C(=O)Nc3nc4ccc(OC)cc4s3)CCC(C2)C1(C)C. The first-order chi connectivity index (χ1) is 11.4. The van der Waals surface area contributed by atoms with E-state index in [-0.39, 0.29) is 11.3 Å². The number of amides is 1. The van der Waals surface area contributed by atoms with Gasteiger partial charge >= 0.3 is 0 Å². The number of carbonyl (C=O) groups excluding carboxylic acids is 1. The van der Waals surface area contributed by atoms with E-state index in [1.54, 1.807) is 7.11 Å². The summed E-state index contributed by atoms with van der Waals surface area (Å²) in [7, 11) is 1.65. The molecule has 0 aliphatic heterocycles. The van der Waals surface area contributed by atoms with Gasteiger partial charge in [0, 0.05) is 0 Å². The number of nitrogens with one attached hydrogen (secondary N) is 1. The van der Waals surface area contributed by atoms with Crippen LogP contribution in [0.2, 0.25) is 0 Å². The standard InChI is InChI=1S/C19H22N2O2S/c1-11-18(2,3)12-7-8-19(11,10-12)16(22)21-17-20-14-6-5-13(23-4)9-15(14)24-17/h5-6,9,12H,1,7-8,10H2,2-4H3,(H,20,21,22). The molecule has 2 unspecified atom stereocenters. The van der Waals surface area contributed by atoms with E-state index in [0.29, 0.717) is 11.0 Å². The number of hydrogen-bond acceptors (Lipinski definition) is 4. The zero-order valence-electron chi connectivity index (χ0n) is 14.3. The van der Waals surface area contributed by atoms with Crippen LogP contribution in [0.5, 0.6) is 5.75 Å². The van der Waals surface area contributed by atoms with Crippen LogP contribution in [0.3, 0.4) is 0 Å². The van der Waals surface area contributed by atoms with Gasteiger partial charge in [-0.3, -0.25) is 4.79 Å². The third-order valence-electron chi connectivity index (χ3n) is 6.14. The fourth-order valence-electron chi connectivity index (χ4n) is 4.44. The number of anilines is 1. The van der Waals surface area contributed by atoms with Gasteiger partial charge in [0.05, 0.1) is 22.7 Å². The Hall–Kier alpha value is -1.88. The molecule has 2 bridgehead atoms. The zero-order chi connectivity index (χ0) is 17.1. The molecule has 24 heavy (non-hydrogen) atoms. The zero-order valence-corrected chi connectivity index (χ0v) is 15.1. The third-order valence-corrected chi connectivity index (χ3v) is 7.07. The highest BCUT2D eigenvalue weighted by Crippen LogP contribution is 2.65. The van der Waals surface area contributed by atoms with Gasteiger partial charge < -0.3 is 10.1 Å². The Labute approximate surface area is 145 Å². The van der Waals surface area contributed by atoms with Crippen molar-refractivity contribution in [1.82, 2.24) is 4.98 Å². The van der Waals surface area contributed by atoms with Crippen molar-refractivity contribution in [2.45, 2.75) is 33.1 Å². The average Bonchev–Trinajstić information content (AvgIpc) is 3.21. The Morgan fingerprint density at radius 3 is 2.92 bits per heavy atom. The maximum Gasteiger partial charge on any atom is 0.236 e. The van der Waals surface area contributed by atoms with Gasteiger partial charge in [-0.1, -0.05) is 37.3 Å². The van der Waals surface area contributed by atoms with Crippen LogP contribution in [0, 0.1) is 16.7 Å². The molecule has 0 saturated heterocycles. The number of rotatable bonds is 3. The first-order valence-electron chi connectivity index (χ1n) is 8.33. The molecule has 126 valence electrons. The molecule has 2 aromatic rings. The number of carbonyl (C=O) groups is 1. The number of benzene rings is 1. The summed E-state index contributed by atoms with van der Waals surface area (Å²) in [6, 6.07) is 5.75. The second-order valence-corrected chi connectivity index (χ2v) is 8.56. The molecule has 2 fully saturated rings. The molecule has 2 atom stereocenters. The van der Waals surface area contributed by atoms with Crippen molar-refractivity contribution in [1.29, 1.82) is 0 Å². The molecule has 0 radical (unpaired) electrons. The van der Waals surface area contributed by atoms with Crippen LogP contribution in [0.4, 0.5) is 5.13 Å². The molecule has 5 heteroatoms. The highest BCUT2D eigenvalue weighted by molar-refractivity contribution is 7.22. The average molecular weight is 342 g/mol. The van der Waals surface area contributed by atoms with E-state index in [1.165, 1.54) is 11.3 Å². The molecule has 2 aliphatic carbocycles. The van der Waals surface area contributed by atoms with Crippen LogP contribution in [0.15, 0.2) is 30.4 Å². The normalized spacial score (nSPS) is 27.6. The minimum atomic E-state index is -0.413. The van der Waals surface area contributed by atoms with E-state index in [1.807, 2.05) is 18.2 Å². The number of thiazole rings is 1. The minimum Gasteiger partial charge on any atom is -0.497 e. The van der Waals surface area contributed by atoms with Gasteiger partial charge in [0.1, 0.15) is 5.75 Å². The first-order valence-corrected chi connectivity index (χ1v) is 9.14. The summed E-state index contributed by atoms with van der Waals surface area (Å²) >= 11 is 1.49. The topological polar surface area (TPSA) is 51.2 Å². The van der Waals surface area contributed by atoms with Gasteiger partial charge in [-0.05, 0) is 48.8 Å². The maximum atomic E-state index is 13.1. The van der Waals surface area contributed by atoms with Gasteiger partial charge in [-0.25, -0.2) is 4.98 Å². The lowest BCUT2D eigenvalue weighted by Gasteiger charge is -2.36. The number of fused-ring (bicyclic) bond motifs is 3. The Bertz CT molecular complexity index is 854. The van der Waals surface area contributed by atoms with Gasteiger partial charge in [0.25, 0.3) is 0 Å². The van der Waals surface area contributed by atoms with Crippen molar-refractivity contribution in [3.8, 4) is 5.75 Å². The summed E-state index contributed by atoms with van der Waals surface area (Å²) in [5.41, 5.74) is 1.61. The van der Waals surface area contributed by atoms with Crippen LogP contribution >= 0.6 is 11.3 Å². The first kappa shape index (κ1) is 15.6. The molecule has 4 nitrogen and oxygen atoms in total. The van der Waals surface area contributed by atoms with Crippen molar-refractivity contribution >= 4 is 32.6 Å². The van der Waals surface area contributed by atoms with Gasteiger partial charge in [0.15, 0.2) is 5.13 Å². The molecule has 4 rings (SSSR count). The lowest BCUT2D eigenvalue weighted by molar-refractivity contribution is -0.123. The second kappa shape index (κ2) is 5.06. The van der Waals surface area contributed by atoms with Crippen molar-refractivity contribution in [2.75, 3.05) is 12.4 Å². The molecule has 1 heterocycles. The molecule has 2 saturated carbocycles. The Balaban J connectivity index is 1.62. The van der Waals surface area contributed by atoms with Crippen molar-refractivity contribution in [3.05, 3.63) is 30.4 Å². The Kier molecular flexibility index (Phi) is 3.29. The van der Waals surface area contributed by atoms with Crippen LogP contribution < -0.4 is 10.1 Å². The lowest BCUT2D eigenvalue weighted by atomic mass is 9.68. The van der Waals surface area contributed by atoms with Crippen LogP contribution in [-0.4, -0.2) is 18.0 Å². The van der Waals surface area contributed by atoms with Crippen LogP contribution in [0.25, 0.3) is 10.2 Å². The van der Waals surface area contributed by atoms with Crippen molar-refractivity contribution in [3.63, 3.8) is 0 Å². The number of methoxy groups -OCH3 is 1. The Morgan fingerprint density at radius 2 is 2.25 bits per heavy atom. The summed E-state index contributed by atoms with van der Waals surface area (Å²) < 4.78 is 6.26. The molecule has 0 spiro atoms.